The van der Waals surface area contributed by atoms with Crippen LogP contribution in [0.4, 0.5) is 0 Å². The number of hydrogen-bond donors (Lipinski definition) is 0. The highest BCUT2D eigenvalue weighted by Gasteiger charge is 2.22. The molecule has 1 heterocycles. The maximum absolute atomic E-state index is 11.0. The van der Waals surface area contributed by atoms with Crippen LogP contribution in [0.25, 0.3) is 0 Å². The Bertz CT molecular complexity index is 125. The average molecular weight is 158 g/mol. The lowest BCUT2D eigenvalue weighted by atomic mass is 10.2. The third kappa shape index (κ3) is 2.61. The van der Waals surface area contributed by atoms with Gasteiger partial charge in [-0.15, -0.1) is 6.58 Å². The van der Waals surface area contributed by atoms with Gasteiger partial charge in [0.15, 0.2) is 6.61 Å². The zero-order chi connectivity index (χ0) is 8.10. The van der Waals surface area contributed by atoms with Crippen LogP contribution in [-0.2, 0) is 9.25 Å². The summed E-state index contributed by atoms with van der Waals surface area (Å²) in [5.41, 5.74) is 0. The van der Waals surface area contributed by atoms with E-state index in [-0.39, 0.29) is 6.29 Å². The van der Waals surface area contributed by atoms with Gasteiger partial charge in [0.25, 0.3) is 6.29 Å². The second-order valence-electron chi connectivity index (χ2n) is 2.63. The highest BCUT2D eigenvalue weighted by atomic mass is 17.2. The van der Waals surface area contributed by atoms with Crippen LogP contribution in [0.1, 0.15) is 19.3 Å². The molecule has 1 unspecified atom stereocenters. The van der Waals surface area contributed by atoms with E-state index in [4.69, 9.17) is 4.74 Å². The Balaban J connectivity index is 2.23. The summed E-state index contributed by atoms with van der Waals surface area (Å²) >= 11 is 0. The first-order chi connectivity index (χ1) is 5.34. The van der Waals surface area contributed by atoms with Crippen molar-refractivity contribution in [2.24, 2.45) is 0 Å². The van der Waals surface area contributed by atoms with Crippen molar-refractivity contribution in [2.45, 2.75) is 25.6 Å². The molecule has 0 amide bonds. The Kier molecular flexibility index (Phi) is 3.56. The van der Waals surface area contributed by atoms with Crippen LogP contribution in [0.5, 0.6) is 0 Å². The minimum atomic E-state index is -0.304. The molecule has 1 saturated heterocycles. The van der Waals surface area contributed by atoms with E-state index in [1.807, 2.05) is 0 Å². The van der Waals surface area contributed by atoms with Gasteiger partial charge in [-0.2, -0.15) is 0 Å². The van der Waals surface area contributed by atoms with Crippen molar-refractivity contribution < 1.29 is 14.5 Å². The van der Waals surface area contributed by atoms with Crippen LogP contribution in [0.3, 0.4) is 0 Å². The summed E-state index contributed by atoms with van der Waals surface area (Å²) in [6.07, 6.45) is 4.21. The standard InChI is InChI=1S/C8H14O3/c1-2-6-10-8-5-3-4-7-11(8)9/h2,8H,1,3-7H2. The van der Waals surface area contributed by atoms with Crippen LogP contribution in [0.15, 0.2) is 12.7 Å². The summed E-state index contributed by atoms with van der Waals surface area (Å²) in [6.45, 7) is 4.50. The van der Waals surface area contributed by atoms with E-state index in [1.54, 1.807) is 10.6 Å². The third-order valence-corrected chi connectivity index (χ3v) is 1.73. The van der Waals surface area contributed by atoms with Gasteiger partial charge in [-0.1, -0.05) is 6.08 Å². The van der Waals surface area contributed by atoms with Gasteiger partial charge in [0.2, 0.25) is 0 Å². The van der Waals surface area contributed by atoms with E-state index in [1.165, 1.54) is 0 Å². The predicted octanol–water partition coefficient (Wildman–Crippen LogP) is 0.527. The third-order valence-electron chi connectivity index (χ3n) is 1.73. The van der Waals surface area contributed by atoms with Crippen LogP contribution >= 0.6 is 0 Å². The Morgan fingerprint density at radius 3 is 3.09 bits per heavy atom. The summed E-state index contributed by atoms with van der Waals surface area (Å²) in [5.74, 6) is 0. The molecule has 0 aromatic rings. The monoisotopic (exact) mass is 158 g/mol. The minimum Gasteiger partial charge on any atom is -0.532 e. The maximum atomic E-state index is 11.0. The molecule has 0 saturated carbocycles. The molecule has 11 heavy (non-hydrogen) atoms. The van der Waals surface area contributed by atoms with E-state index >= 15 is 0 Å². The molecular formula is C8H14O3. The van der Waals surface area contributed by atoms with Crippen molar-refractivity contribution in [3.05, 3.63) is 12.7 Å². The smallest absolute Gasteiger partial charge is 0.271 e. The highest BCUT2D eigenvalue weighted by molar-refractivity contribution is 4.65. The van der Waals surface area contributed by atoms with Crippen LogP contribution < -0.4 is 5.26 Å². The van der Waals surface area contributed by atoms with E-state index in [9.17, 15) is 5.26 Å². The van der Waals surface area contributed by atoms with Crippen molar-refractivity contribution in [1.82, 2.24) is 0 Å². The molecular weight excluding hydrogens is 144 g/mol. The summed E-state index contributed by atoms with van der Waals surface area (Å²) in [6, 6.07) is 0. The Morgan fingerprint density at radius 2 is 2.45 bits per heavy atom. The van der Waals surface area contributed by atoms with Gasteiger partial charge in [-0.25, -0.2) is 0 Å². The SMILES string of the molecule is C=CCOC1CCCC[O+]1[O-]. The lowest BCUT2D eigenvalue weighted by Gasteiger charge is -2.32. The molecule has 1 fully saturated rings. The normalized spacial score (nSPS) is 26.8. The highest BCUT2D eigenvalue weighted by Crippen LogP contribution is 2.17. The molecule has 0 aromatic carbocycles. The van der Waals surface area contributed by atoms with Gasteiger partial charge in [0, 0.05) is 12.8 Å². The van der Waals surface area contributed by atoms with Crippen molar-refractivity contribution >= 4 is 0 Å². The molecule has 0 N–H and O–H groups in total. The summed E-state index contributed by atoms with van der Waals surface area (Å²) in [4.78, 5) is 0. The van der Waals surface area contributed by atoms with Crippen molar-refractivity contribution in [2.75, 3.05) is 13.2 Å². The zero-order valence-electron chi connectivity index (χ0n) is 6.62. The number of hydrogen-bond acceptors (Lipinski definition) is 2. The molecule has 1 rings (SSSR count). The Hall–Kier alpha value is -0.380. The summed E-state index contributed by atoms with van der Waals surface area (Å²) in [5, 5.41) is 11.0. The lowest BCUT2D eigenvalue weighted by molar-refractivity contribution is -0.825. The maximum Gasteiger partial charge on any atom is 0.271 e. The largest absolute Gasteiger partial charge is 0.532 e. The first kappa shape index (κ1) is 8.71. The molecule has 1 aliphatic rings. The molecule has 0 spiro atoms. The first-order valence-corrected chi connectivity index (χ1v) is 3.94. The zero-order valence-corrected chi connectivity index (χ0v) is 6.62. The van der Waals surface area contributed by atoms with E-state index in [0.29, 0.717) is 13.2 Å². The van der Waals surface area contributed by atoms with Crippen molar-refractivity contribution in [3.8, 4) is 0 Å². The molecule has 64 valence electrons. The molecule has 0 aliphatic carbocycles. The van der Waals surface area contributed by atoms with E-state index in [0.717, 1.165) is 19.3 Å². The molecule has 0 aromatic heterocycles. The topological polar surface area (TPSA) is 35.0 Å². The lowest BCUT2D eigenvalue weighted by Crippen LogP contribution is -2.41. The van der Waals surface area contributed by atoms with Gasteiger partial charge >= 0.3 is 0 Å². The molecule has 1 atom stereocenters. The summed E-state index contributed by atoms with van der Waals surface area (Å²) < 4.78 is 6.98. The molecule has 3 nitrogen and oxygen atoms in total. The Labute approximate surface area is 66.9 Å². The van der Waals surface area contributed by atoms with E-state index < -0.39 is 0 Å². The van der Waals surface area contributed by atoms with Gasteiger partial charge in [0.05, 0.1) is 6.61 Å². The Morgan fingerprint density at radius 1 is 1.64 bits per heavy atom. The van der Waals surface area contributed by atoms with Gasteiger partial charge in [0.1, 0.15) is 0 Å². The minimum absolute atomic E-state index is 0.304. The van der Waals surface area contributed by atoms with E-state index in [2.05, 4.69) is 6.58 Å². The van der Waals surface area contributed by atoms with Gasteiger partial charge in [-0.3, -0.25) is 0 Å². The second-order valence-corrected chi connectivity index (χ2v) is 2.63. The van der Waals surface area contributed by atoms with Gasteiger partial charge in [-0.05, 0) is 6.42 Å². The fourth-order valence-electron chi connectivity index (χ4n) is 1.15. The molecule has 3 heteroatoms. The predicted molar refractivity (Wildman–Crippen MR) is 39.7 cm³/mol. The molecule has 0 radical (unpaired) electrons. The molecule has 1 aliphatic heterocycles. The van der Waals surface area contributed by atoms with Gasteiger partial charge < -0.3 is 14.5 Å². The number of rotatable bonds is 3. The van der Waals surface area contributed by atoms with Crippen molar-refractivity contribution in [3.63, 3.8) is 0 Å². The summed E-state index contributed by atoms with van der Waals surface area (Å²) in [7, 11) is 0. The molecule has 0 bridgehead atoms. The number of ether oxygens (including phenoxy) is 1. The van der Waals surface area contributed by atoms with Crippen LogP contribution in [0.2, 0.25) is 0 Å². The first-order valence-electron chi connectivity index (χ1n) is 3.94. The quantitative estimate of drug-likeness (QED) is 0.341. The second kappa shape index (κ2) is 4.49. The van der Waals surface area contributed by atoms with Crippen LogP contribution in [0, 0.1) is 0 Å². The fourth-order valence-corrected chi connectivity index (χ4v) is 1.15. The fraction of sp³-hybridized carbons (Fsp3) is 0.750. The van der Waals surface area contributed by atoms with Crippen LogP contribution in [-0.4, -0.2) is 19.5 Å². The van der Waals surface area contributed by atoms with Crippen molar-refractivity contribution in [1.29, 1.82) is 0 Å². The average Bonchev–Trinajstić information content (AvgIpc) is 2.03.